The first-order valence-corrected chi connectivity index (χ1v) is 6.58. The predicted octanol–water partition coefficient (Wildman–Crippen LogP) is 3.96. The van der Waals surface area contributed by atoms with E-state index in [2.05, 4.69) is 0 Å². The molecule has 1 aromatic carbocycles. The summed E-state index contributed by atoms with van der Waals surface area (Å²) in [5.74, 6) is -0.467. The number of fused-ring (bicyclic) bond motifs is 1. The van der Waals surface area contributed by atoms with E-state index < -0.39 is 23.9 Å². The molecule has 0 saturated heterocycles. The van der Waals surface area contributed by atoms with Crippen LogP contribution < -0.4 is 4.90 Å². The van der Waals surface area contributed by atoms with Gasteiger partial charge in [-0.3, -0.25) is 4.79 Å². The molecule has 1 unspecified atom stereocenters. The highest BCUT2D eigenvalue weighted by Gasteiger charge is 2.53. The second-order valence-electron chi connectivity index (χ2n) is 5.91. The Labute approximate surface area is 116 Å². The van der Waals surface area contributed by atoms with E-state index in [4.69, 9.17) is 0 Å². The Morgan fingerprint density at radius 1 is 1.30 bits per heavy atom. The number of halogens is 3. The van der Waals surface area contributed by atoms with Crippen molar-refractivity contribution >= 4 is 11.6 Å². The first-order chi connectivity index (χ1) is 9.06. The first kappa shape index (κ1) is 14.9. The standard InChI is InChI=1S/C15H18F3NO/c1-9(2)19-12-7-10(3)5-6-11(12)14(4,13(19)20)8-15(16,17)18/h5-7,9H,8H2,1-4H3. The van der Waals surface area contributed by atoms with Crippen LogP contribution in [0.5, 0.6) is 0 Å². The number of alkyl halides is 3. The van der Waals surface area contributed by atoms with E-state index in [9.17, 15) is 18.0 Å². The fraction of sp³-hybridized carbons (Fsp3) is 0.533. The number of aryl methyl sites for hydroxylation is 1. The molecule has 0 N–H and O–H groups in total. The number of hydrogen-bond donors (Lipinski definition) is 0. The lowest BCUT2D eigenvalue weighted by atomic mass is 9.80. The van der Waals surface area contributed by atoms with Crippen molar-refractivity contribution in [3.05, 3.63) is 29.3 Å². The molecule has 0 fully saturated rings. The third kappa shape index (κ3) is 2.30. The van der Waals surface area contributed by atoms with Crippen molar-refractivity contribution in [2.45, 2.75) is 51.7 Å². The summed E-state index contributed by atoms with van der Waals surface area (Å²) >= 11 is 0. The summed E-state index contributed by atoms with van der Waals surface area (Å²) in [6.07, 6.45) is -5.50. The number of carbonyl (C=O) groups excluding carboxylic acids is 1. The van der Waals surface area contributed by atoms with Gasteiger partial charge in [-0.25, -0.2) is 0 Å². The van der Waals surface area contributed by atoms with Crippen molar-refractivity contribution in [1.82, 2.24) is 0 Å². The molecule has 0 aliphatic carbocycles. The van der Waals surface area contributed by atoms with Crippen LogP contribution in [-0.4, -0.2) is 18.1 Å². The Morgan fingerprint density at radius 2 is 1.90 bits per heavy atom. The quantitative estimate of drug-likeness (QED) is 0.805. The van der Waals surface area contributed by atoms with Gasteiger partial charge in [0.15, 0.2) is 0 Å². The molecule has 1 aliphatic rings. The van der Waals surface area contributed by atoms with Crippen LogP contribution in [0.2, 0.25) is 0 Å². The molecule has 2 nitrogen and oxygen atoms in total. The van der Waals surface area contributed by atoms with Crippen LogP contribution in [-0.2, 0) is 10.2 Å². The zero-order valence-corrected chi connectivity index (χ0v) is 12.0. The average molecular weight is 285 g/mol. The third-order valence-corrected chi connectivity index (χ3v) is 3.77. The highest BCUT2D eigenvalue weighted by atomic mass is 19.4. The maximum Gasteiger partial charge on any atom is 0.390 e. The van der Waals surface area contributed by atoms with Gasteiger partial charge in [0.25, 0.3) is 0 Å². The highest BCUT2D eigenvalue weighted by molar-refractivity contribution is 6.08. The van der Waals surface area contributed by atoms with Gasteiger partial charge in [-0.1, -0.05) is 12.1 Å². The second-order valence-corrected chi connectivity index (χ2v) is 5.91. The number of amides is 1. The van der Waals surface area contributed by atoms with Gasteiger partial charge in [0.05, 0.1) is 11.8 Å². The molecule has 1 aromatic rings. The monoisotopic (exact) mass is 285 g/mol. The number of rotatable bonds is 2. The zero-order valence-electron chi connectivity index (χ0n) is 12.0. The summed E-state index contributed by atoms with van der Waals surface area (Å²) in [7, 11) is 0. The highest BCUT2D eigenvalue weighted by Crippen LogP contribution is 2.48. The van der Waals surface area contributed by atoms with Crippen LogP contribution in [0.1, 0.15) is 38.3 Å². The summed E-state index contributed by atoms with van der Waals surface area (Å²) in [4.78, 5) is 14.0. The molecule has 1 heterocycles. The van der Waals surface area contributed by atoms with Crippen molar-refractivity contribution < 1.29 is 18.0 Å². The second kappa shape index (κ2) is 4.50. The molecule has 0 radical (unpaired) electrons. The number of nitrogens with zero attached hydrogens (tertiary/aromatic N) is 1. The largest absolute Gasteiger partial charge is 0.390 e. The van der Waals surface area contributed by atoms with E-state index in [0.717, 1.165) is 5.56 Å². The minimum Gasteiger partial charge on any atom is -0.309 e. The lowest BCUT2D eigenvalue weighted by Gasteiger charge is -2.27. The first-order valence-electron chi connectivity index (χ1n) is 6.58. The van der Waals surface area contributed by atoms with E-state index in [1.165, 1.54) is 11.8 Å². The van der Waals surface area contributed by atoms with Gasteiger partial charge in [-0.05, 0) is 44.9 Å². The van der Waals surface area contributed by atoms with E-state index in [-0.39, 0.29) is 6.04 Å². The number of benzene rings is 1. The third-order valence-electron chi connectivity index (χ3n) is 3.77. The van der Waals surface area contributed by atoms with Gasteiger partial charge >= 0.3 is 6.18 Å². The van der Waals surface area contributed by atoms with E-state index >= 15 is 0 Å². The summed E-state index contributed by atoms with van der Waals surface area (Å²) in [5.41, 5.74) is 0.486. The molecule has 5 heteroatoms. The predicted molar refractivity (Wildman–Crippen MR) is 71.8 cm³/mol. The number of hydrogen-bond acceptors (Lipinski definition) is 1. The number of anilines is 1. The minimum atomic E-state index is -4.38. The topological polar surface area (TPSA) is 20.3 Å². The smallest absolute Gasteiger partial charge is 0.309 e. The van der Waals surface area contributed by atoms with Gasteiger partial charge in [-0.15, -0.1) is 0 Å². The van der Waals surface area contributed by atoms with Crippen molar-refractivity contribution in [3.8, 4) is 0 Å². The van der Waals surface area contributed by atoms with Crippen LogP contribution >= 0.6 is 0 Å². The molecule has 1 aliphatic heterocycles. The molecular weight excluding hydrogens is 267 g/mol. The molecule has 1 amide bonds. The van der Waals surface area contributed by atoms with Crippen molar-refractivity contribution in [2.24, 2.45) is 0 Å². The van der Waals surface area contributed by atoms with Crippen LogP contribution in [0.4, 0.5) is 18.9 Å². The average Bonchev–Trinajstić information content (AvgIpc) is 2.45. The summed E-state index contributed by atoms with van der Waals surface area (Å²) < 4.78 is 38.6. The number of carbonyl (C=O) groups is 1. The van der Waals surface area contributed by atoms with Crippen LogP contribution in [0.15, 0.2) is 18.2 Å². The fourth-order valence-electron chi connectivity index (χ4n) is 2.88. The Hall–Kier alpha value is -1.52. The fourth-order valence-corrected chi connectivity index (χ4v) is 2.88. The maximum atomic E-state index is 12.9. The molecule has 0 bridgehead atoms. The Bertz CT molecular complexity index is 551. The van der Waals surface area contributed by atoms with E-state index in [0.29, 0.717) is 11.3 Å². The molecule has 2 rings (SSSR count). The molecule has 1 atom stereocenters. The SMILES string of the molecule is Cc1ccc2c(c1)N(C(C)C)C(=O)C2(C)CC(F)(F)F. The summed E-state index contributed by atoms with van der Waals surface area (Å²) in [6, 6.07) is 5.02. The zero-order chi connectivity index (χ0) is 15.3. The van der Waals surface area contributed by atoms with Crippen LogP contribution in [0.3, 0.4) is 0 Å². The van der Waals surface area contributed by atoms with Crippen LogP contribution in [0, 0.1) is 6.92 Å². The minimum absolute atomic E-state index is 0.168. The molecular formula is C15H18F3NO. The Kier molecular flexibility index (Phi) is 3.35. The van der Waals surface area contributed by atoms with Gasteiger partial charge in [0.1, 0.15) is 0 Å². The van der Waals surface area contributed by atoms with Crippen molar-refractivity contribution in [2.75, 3.05) is 4.90 Å². The van der Waals surface area contributed by atoms with Gasteiger partial charge in [-0.2, -0.15) is 13.2 Å². The van der Waals surface area contributed by atoms with Crippen molar-refractivity contribution in [3.63, 3.8) is 0 Å². The Balaban J connectivity index is 2.60. The van der Waals surface area contributed by atoms with E-state index in [1.54, 1.807) is 18.2 Å². The van der Waals surface area contributed by atoms with Gasteiger partial charge < -0.3 is 4.90 Å². The van der Waals surface area contributed by atoms with Crippen LogP contribution in [0.25, 0.3) is 0 Å². The maximum absolute atomic E-state index is 12.9. The lowest BCUT2D eigenvalue weighted by molar-refractivity contribution is -0.155. The van der Waals surface area contributed by atoms with E-state index in [1.807, 2.05) is 20.8 Å². The summed E-state index contributed by atoms with van der Waals surface area (Å²) in [6.45, 7) is 6.87. The van der Waals surface area contributed by atoms with Gasteiger partial charge in [0, 0.05) is 11.7 Å². The molecule has 0 spiro atoms. The lowest BCUT2D eigenvalue weighted by Crippen LogP contribution is -2.43. The molecule has 110 valence electrons. The molecule has 0 aromatic heterocycles. The molecule has 20 heavy (non-hydrogen) atoms. The van der Waals surface area contributed by atoms with Gasteiger partial charge in [0.2, 0.25) is 5.91 Å². The molecule has 0 saturated carbocycles. The van der Waals surface area contributed by atoms with Crippen molar-refractivity contribution in [1.29, 1.82) is 0 Å². The summed E-state index contributed by atoms with van der Waals surface area (Å²) in [5, 5.41) is 0. The Morgan fingerprint density at radius 3 is 2.40 bits per heavy atom. The normalized spacial score (nSPS) is 22.6.